The van der Waals surface area contributed by atoms with Gasteiger partial charge in [-0.3, -0.25) is 0 Å². The number of carbonyl (C=O) groups is 1. The van der Waals surface area contributed by atoms with Crippen LogP contribution < -0.4 is 0 Å². The zero-order chi connectivity index (χ0) is 9.02. The van der Waals surface area contributed by atoms with Crippen molar-refractivity contribution < 1.29 is 25.2 Å². The van der Waals surface area contributed by atoms with Gasteiger partial charge < -0.3 is 20.4 Å². The van der Waals surface area contributed by atoms with E-state index in [1.165, 1.54) is 6.92 Å². The van der Waals surface area contributed by atoms with Gasteiger partial charge in [-0.05, 0) is 6.92 Å². The molecule has 3 atom stereocenters. The van der Waals surface area contributed by atoms with E-state index in [0.29, 0.717) is 0 Å². The highest BCUT2D eigenvalue weighted by atomic mass is 16.4. The Kier molecular flexibility index (Phi) is 4.02. The Hall–Kier alpha value is -0.650. The second kappa shape index (κ2) is 4.27. The van der Waals surface area contributed by atoms with Gasteiger partial charge >= 0.3 is 5.97 Å². The summed E-state index contributed by atoms with van der Waals surface area (Å²) in [5, 5.41) is 34.4. The minimum atomic E-state index is -1.82. The van der Waals surface area contributed by atoms with Gasteiger partial charge in [-0.15, -0.1) is 0 Å². The van der Waals surface area contributed by atoms with Crippen LogP contribution in [-0.4, -0.2) is 44.7 Å². The molecule has 66 valence electrons. The molecular weight excluding hydrogens is 152 g/mol. The van der Waals surface area contributed by atoms with Gasteiger partial charge in [0, 0.05) is 6.42 Å². The van der Waals surface area contributed by atoms with Crippen molar-refractivity contribution in [1.82, 2.24) is 0 Å². The number of carboxylic acids is 1. The Labute approximate surface area is 63.9 Å². The van der Waals surface area contributed by atoms with E-state index in [2.05, 4.69) is 0 Å². The Balaban J connectivity index is 3.82. The van der Waals surface area contributed by atoms with Crippen molar-refractivity contribution in [2.45, 2.75) is 31.7 Å². The molecule has 0 saturated carbocycles. The third kappa shape index (κ3) is 3.92. The standard InChI is InChI=1S/C6H12O5/c1-3(7)2-4(8)5(9)6(10)11/h3-5,7-9H,2H2,1H3,(H,10,11)/t3-,4-,5-/m0/s1. The first-order valence-corrected chi connectivity index (χ1v) is 3.22. The number of hydrogen-bond donors (Lipinski definition) is 4. The molecular formula is C6H12O5. The zero-order valence-electron chi connectivity index (χ0n) is 6.14. The van der Waals surface area contributed by atoms with Gasteiger partial charge in [-0.25, -0.2) is 4.79 Å². The third-order valence-corrected chi connectivity index (χ3v) is 1.20. The zero-order valence-corrected chi connectivity index (χ0v) is 6.14. The predicted octanol–water partition coefficient (Wildman–Crippen LogP) is -1.44. The molecule has 0 rings (SSSR count). The molecule has 5 nitrogen and oxygen atoms in total. The topological polar surface area (TPSA) is 98.0 Å². The molecule has 0 unspecified atom stereocenters. The van der Waals surface area contributed by atoms with Crippen molar-refractivity contribution in [3.8, 4) is 0 Å². The molecule has 0 saturated heterocycles. The molecule has 0 aromatic heterocycles. The maximum absolute atomic E-state index is 10.0. The minimum Gasteiger partial charge on any atom is -0.479 e. The van der Waals surface area contributed by atoms with Crippen molar-refractivity contribution in [3.63, 3.8) is 0 Å². The third-order valence-electron chi connectivity index (χ3n) is 1.20. The lowest BCUT2D eigenvalue weighted by molar-refractivity contribution is -0.153. The van der Waals surface area contributed by atoms with Crippen LogP contribution in [0.3, 0.4) is 0 Å². The first kappa shape index (κ1) is 10.3. The van der Waals surface area contributed by atoms with Crippen LogP contribution in [0.5, 0.6) is 0 Å². The van der Waals surface area contributed by atoms with E-state index < -0.39 is 24.3 Å². The summed E-state index contributed by atoms with van der Waals surface area (Å²) in [6.45, 7) is 1.40. The van der Waals surface area contributed by atoms with Crippen LogP contribution in [-0.2, 0) is 4.79 Å². The summed E-state index contributed by atoms with van der Waals surface area (Å²) >= 11 is 0. The molecule has 0 aliphatic carbocycles. The maximum atomic E-state index is 10.0. The predicted molar refractivity (Wildman–Crippen MR) is 35.9 cm³/mol. The number of rotatable bonds is 4. The highest BCUT2D eigenvalue weighted by molar-refractivity contribution is 5.72. The lowest BCUT2D eigenvalue weighted by Gasteiger charge is -2.14. The van der Waals surface area contributed by atoms with Crippen LogP contribution in [0.15, 0.2) is 0 Å². The van der Waals surface area contributed by atoms with E-state index >= 15 is 0 Å². The largest absolute Gasteiger partial charge is 0.479 e. The first-order valence-electron chi connectivity index (χ1n) is 3.22. The molecule has 0 aliphatic heterocycles. The molecule has 0 spiro atoms. The van der Waals surface area contributed by atoms with Crippen molar-refractivity contribution in [1.29, 1.82) is 0 Å². The lowest BCUT2D eigenvalue weighted by Crippen LogP contribution is -2.35. The Morgan fingerprint density at radius 3 is 2.09 bits per heavy atom. The van der Waals surface area contributed by atoms with Crippen molar-refractivity contribution >= 4 is 5.97 Å². The van der Waals surface area contributed by atoms with E-state index in [-0.39, 0.29) is 6.42 Å². The van der Waals surface area contributed by atoms with Crippen molar-refractivity contribution in [2.75, 3.05) is 0 Å². The molecule has 5 heteroatoms. The fraction of sp³-hybridized carbons (Fsp3) is 0.833. The average molecular weight is 164 g/mol. The average Bonchev–Trinajstić information content (AvgIpc) is 1.84. The van der Waals surface area contributed by atoms with Gasteiger partial charge in [0.25, 0.3) is 0 Å². The van der Waals surface area contributed by atoms with Crippen LogP contribution in [0.25, 0.3) is 0 Å². The summed E-state index contributed by atoms with van der Waals surface area (Å²) in [4.78, 5) is 10.0. The molecule has 0 aromatic rings. The summed E-state index contributed by atoms with van der Waals surface area (Å²) in [7, 11) is 0. The van der Waals surface area contributed by atoms with E-state index in [1.807, 2.05) is 0 Å². The highest BCUT2D eigenvalue weighted by Crippen LogP contribution is 2.02. The summed E-state index contributed by atoms with van der Waals surface area (Å²) in [6, 6.07) is 0. The van der Waals surface area contributed by atoms with Crippen LogP contribution >= 0.6 is 0 Å². The summed E-state index contributed by atoms with van der Waals surface area (Å²) in [5.41, 5.74) is 0. The molecule has 0 radical (unpaired) electrons. The van der Waals surface area contributed by atoms with Crippen LogP contribution in [0.4, 0.5) is 0 Å². The lowest BCUT2D eigenvalue weighted by atomic mass is 10.1. The van der Waals surface area contributed by atoms with Gasteiger partial charge in [-0.2, -0.15) is 0 Å². The number of aliphatic hydroxyl groups excluding tert-OH is 3. The summed E-state index contributed by atoms with van der Waals surface area (Å²) < 4.78 is 0. The molecule has 0 amide bonds. The van der Waals surface area contributed by atoms with Gasteiger partial charge in [0.15, 0.2) is 6.10 Å². The van der Waals surface area contributed by atoms with E-state index in [9.17, 15) is 4.79 Å². The molecule has 0 aromatic carbocycles. The van der Waals surface area contributed by atoms with Gasteiger partial charge in [-0.1, -0.05) is 0 Å². The highest BCUT2D eigenvalue weighted by Gasteiger charge is 2.24. The molecule has 0 aliphatic rings. The van der Waals surface area contributed by atoms with Crippen LogP contribution in [0.2, 0.25) is 0 Å². The van der Waals surface area contributed by atoms with Gasteiger partial charge in [0.2, 0.25) is 0 Å². The second-order valence-electron chi connectivity index (χ2n) is 2.44. The summed E-state index contributed by atoms with van der Waals surface area (Å²) in [6.07, 6.45) is -4.19. The second-order valence-corrected chi connectivity index (χ2v) is 2.44. The molecule has 11 heavy (non-hydrogen) atoms. The van der Waals surface area contributed by atoms with Crippen LogP contribution in [0, 0.1) is 0 Å². The molecule has 0 heterocycles. The molecule has 0 fully saturated rings. The van der Waals surface area contributed by atoms with E-state index in [0.717, 1.165) is 0 Å². The fourth-order valence-electron chi connectivity index (χ4n) is 0.643. The van der Waals surface area contributed by atoms with Crippen molar-refractivity contribution in [3.05, 3.63) is 0 Å². The smallest absolute Gasteiger partial charge is 0.335 e. The molecule has 4 N–H and O–H groups in total. The Morgan fingerprint density at radius 1 is 1.36 bits per heavy atom. The SMILES string of the molecule is C[C@H](O)C[C@H](O)[C@H](O)C(=O)O. The fourth-order valence-corrected chi connectivity index (χ4v) is 0.643. The van der Waals surface area contributed by atoms with Crippen LogP contribution in [0.1, 0.15) is 13.3 Å². The van der Waals surface area contributed by atoms with E-state index in [1.54, 1.807) is 0 Å². The number of carboxylic acid groups (broad SMARTS) is 1. The number of hydrogen-bond acceptors (Lipinski definition) is 4. The Morgan fingerprint density at radius 2 is 1.82 bits per heavy atom. The van der Waals surface area contributed by atoms with Gasteiger partial charge in [0.05, 0.1) is 12.2 Å². The normalized spacial score (nSPS) is 18.9. The molecule has 0 bridgehead atoms. The van der Waals surface area contributed by atoms with E-state index in [4.69, 9.17) is 20.4 Å². The number of aliphatic carboxylic acids is 1. The van der Waals surface area contributed by atoms with Gasteiger partial charge in [0.1, 0.15) is 0 Å². The minimum absolute atomic E-state index is 0.145. The monoisotopic (exact) mass is 164 g/mol. The maximum Gasteiger partial charge on any atom is 0.335 e. The number of aliphatic hydroxyl groups is 3. The Bertz CT molecular complexity index is 133. The summed E-state index contributed by atoms with van der Waals surface area (Å²) in [5.74, 6) is -1.49. The first-order chi connectivity index (χ1) is 4.95. The van der Waals surface area contributed by atoms with Crippen molar-refractivity contribution in [2.24, 2.45) is 0 Å². The quantitative estimate of drug-likeness (QED) is 0.408.